The normalized spacial score (nSPS) is 20.9. The summed E-state index contributed by atoms with van der Waals surface area (Å²) in [5, 5.41) is 7.82. The van der Waals surface area contributed by atoms with E-state index in [0.29, 0.717) is 6.04 Å². The van der Waals surface area contributed by atoms with Gasteiger partial charge in [-0.2, -0.15) is 0 Å². The molecule has 78 valence electrons. The van der Waals surface area contributed by atoms with Crippen LogP contribution in [-0.4, -0.2) is 24.1 Å². The van der Waals surface area contributed by atoms with Crippen molar-refractivity contribution >= 4 is 16.8 Å². The summed E-state index contributed by atoms with van der Waals surface area (Å²) in [6.07, 6.45) is 4.62. The van der Waals surface area contributed by atoms with Crippen molar-refractivity contribution in [2.75, 3.05) is 18.4 Å². The highest BCUT2D eigenvalue weighted by atomic mass is 16.3. The van der Waals surface area contributed by atoms with Crippen molar-refractivity contribution in [1.29, 1.82) is 0 Å². The minimum atomic E-state index is 0.484. The maximum absolute atomic E-state index is 5.33. The standard InChI is InChI=1S/C11H13N3O/c1-4-12-7-8(1)14-11-9-3-6-15-10(9)2-5-13-11/h2-3,5-6,8,12H,1,4,7H2,(H,13,14). The van der Waals surface area contributed by atoms with Crippen molar-refractivity contribution in [3.8, 4) is 0 Å². The Balaban J connectivity index is 1.92. The quantitative estimate of drug-likeness (QED) is 0.778. The molecule has 4 nitrogen and oxygen atoms in total. The maximum Gasteiger partial charge on any atom is 0.139 e. The summed E-state index contributed by atoms with van der Waals surface area (Å²) in [5.74, 6) is 0.926. The monoisotopic (exact) mass is 203 g/mol. The lowest BCUT2D eigenvalue weighted by Gasteiger charge is -2.11. The predicted molar refractivity (Wildman–Crippen MR) is 58.9 cm³/mol. The third-order valence-electron chi connectivity index (χ3n) is 2.78. The van der Waals surface area contributed by atoms with E-state index in [1.54, 1.807) is 12.5 Å². The first-order chi connectivity index (χ1) is 7.43. The van der Waals surface area contributed by atoms with Crippen LogP contribution in [0, 0.1) is 0 Å². The number of nitrogens with one attached hydrogen (secondary N) is 2. The topological polar surface area (TPSA) is 50.1 Å². The van der Waals surface area contributed by atoms with Gasteiger partial charge in [0, 0.05) is 18.8 Å². The Kier molecular flexibility index (Phi) is 2.07. The molecule has 0 saturated carbocycles. The number of fused-ring (bicyclic) bond motifs is 1. The summed E-state index contributed by atoms with van der Waals surface area (Å²) in [6, 6.07) is 4.32. The minimum absolute atomic E-state index is 0.484. The van der Waals surface area contributed by atoms with Crippen LogP contribution in [0.2, 0.25) is 0 Å². The summed E-state index contributed by atoms with van der Waals surface area (Å²) in [6.45, 7) is 2.09. The molecule has 1 aliphatic rings. The predicted octanol–water partition coefficient (Wildman–Crippen LogP) is 1.60. The molecule has 0 radical (unpaired) electrons. The molecule has 0 aromatic carbocycles. The fraction of sp³-hybridized carbons (Fsp3) is 0.364. The number of anilines is 1. The number of furan rings is 1. The molecule has 1 fully saturated rings. The lowest BCUT2D eigenvalue weighted by molar-refractivity contribution is 0.615. The molecule has 4 heteroatoms. The fourth-order valence-electron chi connectivity index (χ4n) is 1.98. The van der Waals surface area contributed by atoms with E-state index >= 15 is 0 Å². The number of hydrogen-bond acceptors (Lipinski definition) is 4. The lowest BCUT2D eigenvalue weighted by atomic mass is 10.2. The van der Waals surface area contributed by atoms with E-state index < -0.39 is 0 Å². The molecule has 3 heterocycles. The van der Waals surface area contributed by atoms with Gasteiger partial charge in [-0.3, -0.25) is 0 Å². The van der Waals surface area contributed by atoms with Gasteiger partial charge in [0.05, 0.1) is 11.6 Å². The molecule has 15 heavy (non-hydrogen) atoms. The Labute approximate surface area is 87.7 Å². The zero-order chi connectivity index (χ0) is 10.1. The van der Waals surface area contributed by atoms with Gasteiger partial charge in [-0.1, -0.05) is 0 Å². The molecule has 2 aromatic rings. The summed E-state index contributed by atoms with van der Waals surface area (Å²) in [7, 11) is 0. The summed E-state index contributed by atoms with van der Waals surface area (Å²) in [4.78, 5) is 4.34. The van der Waals surface area contributed by atoms with Crippen LogP contribution in [0.5, 0.6) is 0 Å². The van der Waals surface area contributed by atoms with Crippen LogP contribution in [0.4, 0.5) is 5.82 Å². The van der Waals surface area contributed by atoms with Crippen LogP contribution >= 0.6 is 0 Å². The van der Waals surface area contributed by atoms with Gasteiger partial charge in [0.1, 0.15) is 11.4 Å². The highest BCUT2D eigenvalue weighted by Gasteiger charge is 2.15. The smallest absolute Gasteiger partial charge is 0.139 e. The van der Waals surface area contributed by atoms with Gasteiger partial charge in [-0.15, -0.1) is 0 Å². The molecule has 1 atom stereocenters. The molecule has 0 spiro atoms. The molecule has 0 aliphatic carbocycles. The molecule has 1 unspecified atom stereocenters. The largest absolute Gasteiger partial charge is 0.464 e. The van der Waals surface area contributed by atoms with E-state index in [4.69, 9.17) is 4.42 Å². The minimum Gasteiger partial charge on any atom is -0.464 e. The Hall–Kier alpha value is -1.55. The molecule has 2 N–H and O–H groups in total. The number of pyridine rings is 1. The van der Waals surface area contributed by atoms with Crippen molar-refractivity contribution in [1.82, 2.24) is 10.3 Å². The Bertz CT molecular complexity index is 460. The Morgan fingerprint density at radius 2 is 2.47 bits per heavy atom. The second-order valence-corrected chi connectivity index (χ2v) is 3.83. The highest BCUT2D eigenvalue weighted by Crippen LogP contribution is 2.22. The average molecular weight is 203 g/mol. The molecule has 1 saturated heterocycles. The Morgan fingerprint density at radius 3 is 3.33 bits per heavy atom. The zero-order valence-corrected chi connectivity index (χ0v) is 8.36. The second-order valence-electron chi connectivity index (χ2n) is 3.83. The summed E-state index contributed by atoms with van der Waals surface area (Å²) in [5.41, 5.74) is 0.887. The molecular formula is C11H13N3O. The van der Waals surface area contributed by atoms with Crippen molar-refractivity contribution in [2.45, 2.75) is 12.5 Å². The van der Waals surface area contributed by atoms with Gasteiger partial charge >= 0.3 is 0 Å². The first-order valence-corrected chi connectivity index (χ1v) is 5.23. The Morgan fingerprint density at radius 1 is 1.47 bits per heavy atom. The molecule has 0 amide bonds. The van der Waals surface area contributed by atoms with Gasteiger partial charge < -0.3 is 15.1 Å². The maximum atomic E-state index is 5.33. The lowest BCUT2D eigenvalue weighted by Crippen LogP contribution is -2.22. The van der Waals surface area contributed by atoms with Gasteiger partial charge in [0.2, 0.25) is 0 Å². The SMILES string of the molecule is c1cc2occc2c(NC2CCNC2)n1. The third kappa shape index (κ3) is 1.57. The van der Waals surface area contributed by atoms with Gasteiger partial charge in [0.15, 0.2) is 0 Å². The van der Waals surface area contributed by atoms with E-state index in [0.717, 1.165) is 36.3 Å². The van der Waals surface area contributed by atoms with Gasteiger partial charge in [-0.25, -0.2) is 4.98 Å². The van der Waals surface area contributed by atoms with E-state index in [-0.39, 0.29) is 0 Å². The van der Waals surface area contributed by atoms with E-state index in [2.05, 4.69) is 15.6 Å². The van der Waals surface area contributed by atoms with Gasteiger partial charge in [-0.05, 0) is 25.1 Å². The highest BCUT2D eigenvalue weighted by molar-refractivity contribution is 5.87. The fourth-order valence-corrected chi connectivity index (χ4v) is 1.98. The van der Waals surface area contributed by atoms with Crippen LogP contribution in [-0.2, 0) is 0 Å². The van der Waals surface area contributed by atoms with Gasteiger partial charge in [0.25, 0.3) is 0 Å². The molecule has 1 aliphatic heterocycles. The van der Waals surface area contributed by atoms with E-state index in [1.165, 1.54) is 0 Å². The van der Waals surface area contributed by atoms with Crippen LogP contribution in [0.1, 0.15) is 6.42 Å². The summed E-state index contributed by atoms with van der Waals surface area (Å²) < 4.78 is 5.33. The number of rotatable bonds is 2. The van der Waals surface area contributed by atoms with Crippen LogP contribution < -0.4 is 10.6 Å². The number of hydrogen-bond donors (Lipinski definition) is 2. The average Bonchev–Trinajstić information content (AvgIpc) is 2.87. The molecule has 3 rings (SSSR count). The molecular weight excluding hydrogens is 190 g/mol. The van der Waals surface area contributed by atoms with E-state index in [1.807, 2.05) is 12.1 Å². The number of aromatic nitrogens is 1. The van der Waals surface area contributed by atoms with Crippen LogP contribution in [0.3, 0.4) is 0 Å². The second kappa shape index (κ2) is 3.55. The zero-order valence-electron chi connectivity index (χ0n) is 8.36. The van der Waals surface area contributed by atoms with Crippen molar-refractivity contribution in [2.24, 2.45) is 0 Å². The number of nitrogens with zero attached hydrogens (tertiary/aromatic N) is 1. The molecule has 0 bridgehead atoms. The van der Waals surface area contributed by atoms with Crippen molar-refractivity contribution in [3.63, 3.8) is 0 Å². The summed E-state index contributed by atoms with van der Waals surface area (Å²) >= 11 is 0. The first-order valence-electron chi connectivity index (χ1n) is 5.23. The molecule has 2 aromatic heterocycles. The van der Waals surface area contributed by atoms with E-state index in [9.17, 15) is 0 Å². The first kappa shape index (κ1) is 8.73. The van der Waals surface area contributed by atoms with Crippen LogP contribution in [0.15, 0.2) is 29.0 Å². The van der Waals surface area contributed by atoms with Crippen molar-refractivity contribution < 1.29 is 4.42 Å². The third-order valence-corrected chi connectivity index (χ3v) is 2.78. The van der Waals surface area contributed by atoms with Crippen molar-refractivity contribution in [3.05, 3.63) is 24.6 Å². The van der Waals surface area contributed by atoms with Crippen LogP contribution in [0.25, 0.3) is 11.0 Å².